The average Bonchev–Trinajstić information content (AvgIpc) is 2.12. The molecule has 0 saturated heterocycles. The van der Waals surface area contributed by atoms with Crippen molar-refractivity contribution in [1.82, 2.24) is 4.90 Å². The third kappa shape index (κ3) is 3.50. The molecule has 0 spiro atoms. The van der Waals surface area contributed by atoms with Gasteiger partial charge in [0.15, 0.2) is 0 Å². The van der Waals surface area contributed by atoms with Gasteiger partial charge in [-0.3, -0.25) is 4.99 Å². The summed E-state index contributed by atoms with van der Waals surface area (Å²) in [5.74, 6) is 1.12. The van der Waals surface area contributed by atoms with E-state index in [0.29, 0.717) is 0 Å². The highest BCUT2D eigenvalue weighted by atomic mass is 15.2. The minimum Gasteiger partial charge on any atom is -0.366 e. The SMILES string of the molecule is C=CCCC1=NC(C)(C)N=C(N(C)C)C1. The lowest BCUT2D eigenvalue weighted by Crippen LogP contribution is -2.33. The summed E-state index contributed by atoms with van der Waals surface area (Å²) in [5, 5.41) is 0. The quantitative estimate of drug-likeness (QED) is 0.653. The highest BCUT2D eigenvalue weighted by Gasteiger charge is 2.23. The molecule has 0 radical (unpaired) electrons. The van der Waals surface area contributed by atoms with E-state index in [9.17, 15) is 0 Å². The number of hydrogen-bond donors (Lipinski definition) is 0. The maximum atomic E-state index is 4.64. The third-order valence-electron chi connectivity index (χ3n) is 2.35. The molecule has 0 saturated carbocycles. The number of allylic oxidation sites excluding steroid dienone is 1. The molecular formula is C12H21N3. The van der Waals surface area contributed by atoms with E-state index in [-0.39, 0.29) is 5.66 Å². The predicted octanol–water partition coefficient (Wildman–Crippen LogP) is 2.49. The fourth-order valence-electron chi connectivity index (χ4n) is 1.66. The molecule has 1 rings (SSSR count). The summed E-state index contributed by atoms with van der Waals surface area (Å²) in [7, 11) is 4.07. The largest absolute Gasteiger partial charge is 0.366 e. The van der Waals surface area contributed by atoms with Crippen LogP contribution in [-0.2, 0) is 0 Å². The van der Waals surface area contributed by atoms with Crippen molar-refractivity contribution in [2.45, 2.75) is 38.8 Å². The lowest BCUT2D eigenvalue weighted by atomic mass is 10.1. The molecule has 1 aliphatic heterocycles. The second-order valence-electron chi connectivity index (χ2n) is 4.60. The normalized spacial score (nSPS) is 19.2. The number of aliphatic imine (C=N–C) groups is 2. The molecule has 0 N–H and O–H groups in total. The van der Waals surface area contributed by atoms with Gasteiger partial charge in [-0.2, -0.15) is 0 Å². The molecule has 0 fully saturated rings. The lowest BCUT2D eigenvalue weighted by Gasteiger charge is -2.28. The molecular weight excluding hydrogens is 186 g/mol. The Hall–Kier alpha value is -1.12. The van der Waals surface area contributed by atoms with E-state index in [1.165, 1.54) is 5.71 Å². The van der Waals surface area contributed by atoms with Crippen LogP contribution in [0.1, 0.15) is 33.1 Å². The van der Waals surface area contributed by atoms with Crippen LogP contribution in [0, 0.1) is 0 Å². The molecule has 0 aromatic heterocycles. The molecule has 0 unspecified atom stereocenters. The van der Waals surface area contributed by atoms with Crippen LogP contribution in [0.25, 0.3) is 0 Å². The van der Waals surface area contributed by atoms with Gasteiger partial charge in [0, 0.05) is 26.2 Å². The van der Waals surface area contributed by atoms with Crippen LogP contribution in [0.2, 0.25) is 0 Å². The number of amidine groups is 1. The Morgan fingerprint density at radius 3 is 2.60 bits per heavy atom. The minimum atomic E-state index is -0.297. The van der Waals surface area contributed by atoms with Gasteiger partial charge >= 0.3 is 0 Å². The fourth-order valence-corrected chi connectivity index (χ4v) is 1.66. The Kier molecular flexibility index (Phi) is 3.66. The Bertz CT molecular complexity index is 298. The van der Waals surface area contributed by atoms with Gasteiger partial charge in [0.2, 0.25) is 0 Å². The summed E-state index contributed by atoms with van der Waals surface area (Å²) in [4.78, 5) is 11.3. The van der Waals surface area contributed by atoms with Gasteiger partial charge in [-0.1, -0.05) is 6.08 Å². The number of nitrogens with zero attached hydrogens (tertiary/aromatic N) is 3. The van der Waals surface area contributed by atoms with Crippen LogP contribution in [0.4, 0.5) is 0 Å². The summed E-state index contributed by atoms with van der Waals surface area (Å²) in [6, 6.07) is 0. The smallest absolute Gasteiger partial charge is 0.146 e. The Labute approximate surface area is 92.6 Å². The highest BCUT2D eigenvalue weighted by Crippen LogP contribution is 2.20. The second kappa shape index (κ2) is 4.60. The van der Waals surface area contributed by atoms with Gasteiger partial charge in [0.05, 0.1) is 0 Å². The average molecular weight is 207 g/mol. The zero-order valence-electron chi connectivity index (χ0n) is 10.2. The van der Waals surface area contributed by atoms with Gasteiger partial charge in [-0.25, -0.2) is 4.99 Å². The first kappa shape index (κ1) is 12.0. The molecule has 15 heavy (non-hydrogen) atoms. The van der Waals surface area contributed by atoms with Gasteiger partial charge in [0.25, 0.3) is 0 Å². The Morgan fingerprint density at radius 2 is 2.07 bits per heavy atom. The number of hydrogen-bond acceptors (Lipinski definition) is 3. The van der Waals surface area contributed by atoms with Gasteiger partial charge in [0.1, 0.15) is 11.5 Å². The topological polar surface area (TPSA) is 28.0 Å². The van der Waals surface area contributed by atoms with Crippen LogP contribution in [0.5, 0.6) is 0 Å². The van der Waals surface area contributed by atoms with Crippen molar-refractivity contribution in [3.8, 4) is 0 Å². The Morgan fingerprint density at radius 1 is 1.40 bits per heavy atom. The molecule has 84 valence electrons. The minimum absolute atomic E-state index is 0.297. The standard InChI is InChI=1S/C12H21N3/c1-6-7-8-10-9-11(15(4)5)14-12(2,3)13-10/h6H,1,7-9H2,2-5H3. The molecule has 1 aliphatic rings. The van der Waals surface area contributed by atoms with Crippen molar-refractivity contribution in [3.63, 3.8) is 0 Å². The molecule has 0 bridgehead atoms. The second-order valence-corrected chi connectivity index (χ2v) is 4.60. The first-order chi connectivity index (χ1) is 6.94. The van der Waals surface area contributed by atoms with E-state index in [4.69, 9.17) is 0 Å². The molecule has 3 heteroatoms. The molecule has 0 amide bonds. The maximum Gasteiger partial charge on any atom is 0.146 e. The van der Waals surface area contributed by atoms with Gasteiger partial charge < -0.3 is 4.90 Å². The number of rotatable bonds is 3. The van der Waals surface area contributed by atoms with Crippen molar-refractivity contribution >= 4 is 11.5 Å². The summed E-state index contributed by atoms with van der Waals surface area (Å²) < 4.78 is 0. The molecule has 0 aromatic rings. The van der Waals surface area contributed by atoms with E-state index in [2.05, 4.69) is 21.5 Å². The summed E-state index contributed by atoms with van der Waals surface area (Å²) in [6.45, 7) is 7.83. The van der Waals surface area contributed by atoms with Gasteiger partial charge in [-0.05, 0) is 26.7 Å². The molecule has 1 heterocycles. The van der Waals surface area contributed by atoms with Crippen LogP contribution in [0.3, 0.4) is 0 Å². The van der Waals surface area contributed by atoms with Crippen LogP contribution in [0.15, 0.2) is 22.6 Å². The zero-order chi connectivity index (χ0) is 11.5. The summed E-state index contributed by atoms with van der Waals surface area (Å²) in [6.07, 6.45) is 4.82. The van der Waals surface area contributed by atoms with Crippen LogP contribution < -0.4 is 0 Å². The monoisotopic (exact) mass is 207 g/mol. The zero-order valence-corrected chi connectivity index (χ0v) is 10.2. The first-order valence-electron chi connectivity index (χ1n) is 5.39. The van der Waals surface area contributed by atoms with Crippen molar-refractivity contribution in [2.75, 3.05) is 14.1 Å². The molecule has 0 aliphatic carbocycles. The summed E-state index contributed by atoms with van der Waals surface area (Å²) >= 11 is 0. The lowest BCUT2D eigenvalue weighted by molar-refractivity contribution is 0.510. The molecule has 3 nitrogen and oxygen atoms in total. The van der Waals surface area contributed by atoms with Crippen molar-refractivity contribution in [3.05, 3.63) is 12.7 Å². The van der Waals surface area contributed by atoms with E-state index in [1.54, 1.807) is 0 Å². The van der Waals surface area contributed by atoms with Crippen molar-refractivity contribution < 1.29 is 0 Å². The van der Waals surface area contributed by atoms with Crippen molar-refractivity contribution in [1.29, 1.82) is 0 Å². The summed E-state index contributed by atoms with van der Waals surface area (Å²) in [5.41, 5.74) is 0.938. The first-order valence-corrected chi connectivity index (χ1v) is 5.39. The van der Waals surface area contributed by atoms with Crippen LogP contribution >= 0.6 is 0 Å². The molecule has 0 aromatic carbocycles. The van der Waals surface area contributed by atoms with E-state index in [1.807, 2.05) is 34.0 Å². The third-order valence-corrected chi connectivity index (χ3v) is 2.35. The van der Waals surface area contributed by atoms with Gasteiger partial charge in [-0.15, -0.1) is 6.58 Å². The fraction of sp³-hybridized carbons (Fsp3) is 0.667. The maximum absolute atomic E-state index is 4.64. The van der Waals surface area contributed by atoms with Crippen LogP contribution in [-0.4, -0.2) is 36.2 Å². The van der Waals surface area contributed by atoms with Crippen molar-refractivity contribution in [2.24, 2.45) is 9.98 Å². The highest BCUT2D eigenvalue weighted by molar-refractivity contribution is 6.04. The Balaban J connectivity index is 2.77. The predicted molar refractivity (Wildman–Crippen MR) is 66.7 cm³/mol. The van der Waals surface area contributed by atoms with E-state index in [0.717, 1.165) is 25.1 Å². The van der Waals surface area contributed by atoms with E-state index < -0.39 is 0 Å². The van der Waals surface area contributed by atoms with E-state index >= 15 is 0 Å². The molecule has 0 atom stereocenters.